The molecule has 3 aliphatic carbocycles. The molecule has 0 amide bonds. The van der Waals surface area contributed by atoms with Crippen LogP contribution in [0.25, 0.3) is 21.2 Å². The molecule has 1 aromatic heterocycles. The summed E-state index contributed by atoms with van der Waals surface area (Å²) in [6, 6.07) is 43.9. The van der Waals surface area contributed by atoms with Crippen LogP contribution in [0.4, 0.5) is 33.4 Å². The second kappa shape index (κ2) is 13.6. The van der Waals surface area contributed by atoms with Gasteiger partial charge in [0.25, 0.3) is 6.71 Å². The largest absolute Gasteiger partial charge is 0.311 e. The summed E-state index contributed by atoms with van der Waals surface area (Å²) in [4.78, 5) is 5.38. The number of thiophene rings is 1. The maximum atomic E-state index is 2.72. The third kappa shape index (κ3) is 5.98. The van der Waals surface area contributed by atoms with Crippen molar-refractivity contribution in [2.45, 2.75) is 155 Å². The summed E-state index contributed by atoms with van der Waals surface area (Å²) in [7, 11) is 0. The smallest absolute Gasteiger partial charge is 0.254 e. The maximum absolute atomic E-state index is 2.72. The Hall–Kier alpha value is -5.06. The molecule has 0 N–H and O–H groups in total. The molecule has 0 saturated heterocycles. The van der Waals surface area contributed by atoms with Gasteiger partial charge in [0.15, 0.2) is 0 Å². The van der Waals surface area contributed by atoms with E-state index in [1.165, 1.54) is 131 Å². The third-order valence-electron chi connectivity index (χ3n) is 17.4. The molecule has 2 bridgehead atoms. The zero-order valence-electron chi connectivity index (χ0n) is 41.8. The predicted octanol–water partition coefficient (Wildman–Crippen LogP) is 15.6. The maximum Gasteiger partial charge on any atom is 0.254 e. The van der Waals surface area contributed by atoms with Crippen LogP contribution in [-0.2, 0) is 32.5 Å². The van der Waals surface area contributed by atoms with E-state index < -0.39 is 0 Å². The molecule has 3 heterocycles. The lowest BCUT2D eigenvalue weighted by Gasteiger charge is -2.45. The predicted molar refractivity (Wildman–Crippen MR) is 287 cm³/mol. The van der Waals surface area contributed by atoms with Gasteiger partial charge >= 0.3 is 0 Å². The number of hydrogen-bond donors (Lipinski definition) is 0. The summed E-state index contributed by atoms with van der Waals surface area (Å²) in [5, 5.41) is 2.84. The van der Waals surface area contributed by atoms with E-state index in [0.717, 1.165) is 0 Å². The average molecular weight is 883 g/mol. The molecular formula is C62H67BN2S. The fraction of sp³-hybridized carbons (Fsp3) is 0.387. The van der Waals surface area contributed by atoms with Crippen molar-refractivity contribution in [3.63, 3.8) is 0 Å². The number of rotatable bonds is 3. The van der Waals surface area contributed by atoms with E-state index in [1.807, 2.05) is 11.3 Å². The number of aryl methyl sites for hydroxylation is 1. The first kappa shape index (κ1) is 42.3. The molecule has 2 nitrogen and oxygen atoms in total. The van der Waals surface area contributed by atoms with E-state index in [9.17, 15) is 0 Å². The number of nitrogens with zero attached hydrogens (tertiary/aromatic N) is 2. The Morgan fingerprint density at radius 3 is 1.80 bits per heavy atom. The molecule has 1 fully saturated rings. The summed E-state index contributed by atoms with van der Waals surface area (Å²) in [6.45, 7) is 31.5. The Kier molecular flexibility index (Phi) is 8.69. The minimum absolute atomic E-state index is 0.000793. The highest BCUT2D eigenvalue weighted by atomic mass is 32.1. The van der Waals surface area contributed by atoms with E-state index in [-0.39, 0.29) is 39.2 Å². The van der Waals surface area contributed by atoms with E-state index in [2.05, 4.69) is 209 Å². The van der Waals surface area contributed by atoms with Crippen molar-refractivity contribution in [2.24, 2.45) is 0 Å². The van der Waals surface area contributed by atoms with Gasteiger partial charge in [-0.05, 0) is 192 Å². The fourth-order valence-electron chi connectivity index (χ4n) is 13.5. The molecule has 1 saturated carbocycles. The molecule has 0 spiro atoms. The van der Waals surface area contributed by atoms with Crippen LogP contribution in [0.1, 0.15) is 154 Å². The molecule has 2 atom stereocenters. The molecule has 66 heavy (non-hydrogen) atoms. The number of fused-ring (bicyclic) bond motifs is 12. The molecule has 334 valence electrons. The lowest BCUT2D eigenvalue weighted by atomic mass is 9.33. The van der Waals surface area contributed by atoms with Crippen molar-refractivity contribution >= 4 is 78.0 Å². The van der Waals surface area contributed by atoms with Gasteiger partial charge < -0.3 is 9.80 Å². The lowest BCUT2D eigenvalue weighted by Crippen LogP contribution is -2.61. The fourth-order valence-corrected chi connectivity index (χ4v) is 14.8. The normalized spacial score (nSPS) is 22.0. The van der Waals surface area contributed by atoms with E-state index in [0.29, 0.717) is 0 Å². The molecule has 5 aliphatic rings. The second-order valence-electron chi connectivity index (χ2n) is 25.2. The molecule has 2 aliphatic heterocycles. The van der Waals surface area contributed by atoms with Crippen LogP contribution in [-0.4, -0.2) is 6.71 Å². The van der Waals surface area contributed by atoms with Gasteiger partial charge in [-0.1, -0.05) is 138 Å². The van der Waals surface area contributed by atoms with Crippen LogP contribution in [0.2, 0.25) is 0 Å². The van der Waals surface area contributed by atoms with E-state index >= 15 is 0 Å². The first-order valence-corrected chi connectivity index (χ1v) is 25.7. The van der Waals surface area contributed by atoms with Crippen molar-refractivity contribution in [2.75, 3.05) is 9.80 Å². The van der Waals surface area contributed by atoms with Gasteiger partial charge in [0, 0.05) is 33.0 Å². The highest BCUT2D eigenvalue weighted by Gasteiger charge is 2.54. The SMILES string of the molecule is Cc1cc2c3c(c1)N(c1ccc4c(c1)C(C)(C)CCC4(C)C)c1sc4cc5c(cc4c1B3c1cc(C(C)(C)C)ccc1N2c1ccc(C(C)(C)C)cc1-c1ccccc1)C1(C)CCC5(C)C1. The van der Waals surface area contributed by atoms with E-state index in [4.69, 9.17) is 0 Å². The van der Waals surface area contributed by atoms with Crippen molar-refractivity contribution in [3.05, 3.63) is 148 Å². The Morgan fingerprint density at radius 2 is 1.14 bits per heavy atom. The van der Waals surface area contributed by atoms with Crippen LogP contribution in [0.15, 0.2) is 109 Å². The highest BCUT2D eigenvalue weighted by molar-refractivity contribution is 7.26. The molecule has 7 aromatic rings. The monoisotopic (exact) mass is 883 g/mol. The third-order valence-corrected chi connectivity index (χ3v) is 18.6. The van der Waals surface area contributed by atoms with Crippen molar-refractivity contribution in [1.82, 2.24) is 0 Å². The summed E-state index contributed by atoms with van der Waals surface area (Å²) < 4.78 is 1.44. The Bertz CT molecular complexity index is 3210. The minimum atomic E-state index is -0.0200. The van der Waals surface area contributed by atoms with Gasteiger partial charge in [0.1, 0.15) is 0 Å². The molecule has 0 radical (unpaired) electrons. The van der Waals surface area contributed by atoms with Crippen LogP contribution < -0.4 is 26.2 Å². The van der Waals surface area contributed by atoms with Crippen molar-refractivity contribution in [3.8, 4) is 11.1 Å². The molecule has 4 heteroatoms. The van der Waals surface area contributed by atoms with Gasteiger partial charge in [-0.25, -0.2) is 0 Å². The zero-order valence-corrected chi connectivity index (χ0v) is 42.6. The highest BCUT2D eigenvalue weighted by Crippen LogP contribution is 2.62. The van der Waals surface area contributed by atoms with Gasteiger partial charge in [-0.3, -0.25) is 0 Å². The molecule has 6 aromatic carbocycles. The summed E-state index contributed by atoms with van der Waals surface area (Å²) in [5.41, 5.74) is 24.2. The van der Waals surface area contributed by atoms with Gasteiger partial charge in [0.05, 0.1) is 10.7 Å². The lowest BCUT2D eigenvalue weighted by molar-refractivity contribution is 0.332. The first-order chi connectivity index (χ1) is 31.1. The molecular weight excluding hydrogens is 816 g/mol. The number of anilines is 6. The van der Waals surface area contributed by atoms with Crippen molar-refractivity contribution < 1.29 is 0 Å². The average Bonchev–Trinajstić information content (AvgIpc) is 3.87. The number of benzene rings is 6. The Labute approximate surface area is 399 Å². The summed E-state index contributed by atoms with van der Waals surface area (Å²) in [6.07, 6.45) is 6.23. The standard InChI is InChI=1S/C62H67BN2S/c1-37-29-51-55-52(30-37)65(49-23-19-39(57(2,3)4)31-42(49)38-17-15-14-16-18-38)50-24-20-40(58(5,6)7)32-48(50)63(55)54-43-34-46-47(62(13)28-27-61(46,12)36-62)35-53(43)66-56(54)64(51)41-21-22-44-45(33-41)60(10,11)26-25-59(44,8)9/h14-24,29-35H,25-28,36H2,1-13H3. The van der Waals surface area contributed by atoms with Crippen molar-refractivity contribution in [1.29, 1.82) is 0 Å². The molecule has 2 unspecified atom stereocenters. The van der Waals surface area contributed by atoms with E-state index in [1.54, 1.807) is 11.1 Å². The second-order valence-corrected chi connectivity index (χ2v) is 26.2. The van der Waals surface area contributed by atoms with Gasteiger partial charge in [0.2, 0.25) is 0 Å². The minimum Gasteiger partial charge on any atom is -0.311 e. The summed E-state index contributed by atoms with van der Waals surface area (Å²) >= 11 is 2.05. The van der Waals surface area contributed by atoms with Crippen LogP contribution in [0.3, 0.4) is 0 Å². The molecule has 12 rings (SSSR count). The van der Waals surface area contributed by atoms with Crippen LogP contribution in [0, 0.1) is 6.92 Å². The quantitative estimate of drug-likeness (QED) is 0.163. The number of hydrogen-bond acceptors (Lipinski definition) is 3. The summed E-state index contributed by atoms with van der Waals surface area (Å²) in [5.74, 6) is 0. The first-order valence-electron chi connectivity index (χ1n) is 24.9. The zero-order chi connectivity index (χ0) is 46.2. The van der Waals surface area contributed by atoms with Crippen LogP contribution in [0.5, 0.6) is 0 Å². The topological polar surface area (TPSA) is 6.48 Å². The van der Waals surface area contributed by atoms with Crippen LogP contribution >= 0.6 is 11.3 Å². The Balaban J connectivity index is 1.20. The van der Waals surface area contributed by atoms with Gasteiger partial charge in [-0.2, -0.15) is 0 Å². The Morgan fingerprint density at radius 1 is 0.530 bits per heavy atom. The van der Waals surface area contributed by atoms with Gasteiger partial charge in [-0.15, -0.1) is 11.3 Å².